The van der Waals surface area contributed by atoms with Gasteiger partial charge in [-0.3, -0.25) is 4.98 Å². The van der Waals surface area contributed by atoms with Gasteiger partial charge in [0.2, 0.25) is 0 Å². The molecule has 1 atom stereocenters. The summed E-state index contributed by atoms with van der Waals surface area (Å²) in [4.78, 5) is 4.30. The van der Waals surface area contributed by atoms with Crippen LogP contribution in [0.25, 0.3) is 6.08 Å². The van der Waals surface area contributed by atoms with Crippen molar-refractivity contribution in [1.82, 2.24) is 4.98 Å². The summed E-state index contributed by atoms with van der Waals surface area (Å²) in [6, 6.07) is 4.04. The second kappa shape index (κ2) is 3.93. The van der Waals surface area contributed by atoms with E-state index in [1.165, 1.54) is 12.8 Å². The van der Waals surface area contributed by atoms with E-state index in [2.05, 4.69) is 23.2 Å². The van der Waals surface area contributed by atoms with E-state index in [-0.39, 0.29) is 6.04 Å². The lowest BCUT2D eigenvalue weighted by atomic mass is 10.1. The van der Waals surface area contributed by atoms with Crippen LogP contribution in [0, 0.1) is 5.92 Å². The van der Waals surface area contributed by atoms with Crippen LogP contribution in [0.4, 0.5) is 0 Å². The van der Waals surface area contributed by atoms with Gasteiger partial charge in [-0.05, 0) is 37.3 Å². The molecule has 1 aromatic rings. The first-order valence-electron chi connectivity index (χ1n) is 5.16. The Labute approximate surface area is 84.9 Å². The number of rotatable bonds is 3. The zero-order valence-electron chi connectivity index (χ0n) is 8.48. The Morgan fingerprint density at radius 3 is 3.00 bits per heavy atom. The standard InChI is InChI=1S/C12H16N2/c1-9(13)12-11(3-2-8-14-12)7-6-10-4-5-10/h2-3,6-10H,4-5,13H2,1H3/b7-6+/t9-/m1/s1. The quantitative estimate of drug-likeness (QED) is 0.791. The average Bonchev–Trinajstić information content (AvgIpc) is 2.98. The second-order valence-electron chi connectivity index (χ2n) is 3.96. The van der Waals surface area contributed by atoms with E-state index in [9.17, 15) is 0 Å². The second-order valence-corrected chi connectivity index (χ2v) is 3.96. The molecule has 1 heterocycles. The predicted octanol–water partition coefficient (Wildman–Crippen LogP) is 2.52. The number of nitrogens with two attached hydrogens (primary N) is 1. The van der Waals surface area contributed by atoms with Crippen molar-refractivity contribution in [2.24, 2.45) is 11.7 Å². The molecular formula is C12H16N2. The summed E-state index contributed by atoms with van der Waals surface area (Å²) in [5.74, 6) is 0.802. The average molecular weight is 188 g/mol. The lowest BCUT2D eigenvalue weighted by Crippen LogP contribution is -2.08. The fourth-order valence-corrected chi connectivity index (χ4v) is 1.48. The van der Waals surface area contributed by atoms with Crippen LogP contribution in [0.1, 0.15) is 37.1 Å². The molecule has 2 nitrogen and oxygen atoms in total. The highest BCUT2D eigenvalue weighted by Gasteiger charge is 2.17. The number of nitrogens with zero attached hydrogens (tertiary/aromatic N) is 1. The van der Waals surface area contributed by atoms with Gasteiger partial charge < -0.3 is 5.73 Å². The molecule has 14 heavy (non-hydrogen) atoms. The number of hydrogen-bond acceptors (Lipinski definition) is 2. The fraction of sp³-hybridized carbons (Fsp3) is 0.417. The third-order valence-corrected chi connectivity index (χ3v) is 2.47. The summed E-state index contributed by atoms with van der Waals surface area (Å²) in [7, 11) is 0. The predicted molar refractivity (Wildman–Crippen MR) is 58.6 cm³/mol. The Kier molecular flexibility index (Phi) is 2.64. The van der Waals surface area contributed by atoms with E-state index in [1.54, 1.807) is 6.20 Å². The summed E-state index contributed by atoms with van der Waals surface area (Å²) in [5.41, 5.74) is 7.99. The van der Waals surface area contributed by atoms with Gasteiger partial charge in [0.05, 0.1) is 5.69 Å². The van der Waals surface area contributed by atoms with Gasteiger partial charge in [0.15, 0.2) is 0 Å². The molecule has 0 spiro atoms. The molecule has 0 amide bonds. The number of hydrogen-bond donors (Lipinski definition) is 1. The van der Waals surface area contributed by atoms with Crippen LogP contribution < -0.4 is 5.73 Å². The van der Waals surface area contributed by atoms with Crippen molar-refractivity contribution in [3.63, 3.8) is 0 Å². The van der Waals surface area contributed by atoms with Crippen LogP contribution in [-0.2, 0) is 0 Å². The van der Waals surface area contributed by atoms with E-state index >= 15 is 0 Å². The molecule has 0 aromatic carbocycles. The molecular weight excluding hydrogens is 172 g/mol. The van der Waals surface area contributed by atoms with Crippen LogP contribution in [0.3, 0.4) is 0 Å². The maximum atomic E-state index is 5.84. The zero-order chi connectivity index (χ0) is 9.97. The Bertz CT molecular complexity index is 338. The van der Waals surface area contributed by atoms with Crippen molar-refractivity contribution in [2.45, 2.75) is 25.8 Å². The molecule has 0 aliphatic heterocycles. The number of pyridine rings is 1. The largest absolute Gasteiger partial charge is 0.323 e. The highest BCUT2D eigenvalue weighted by molar-refractivity contribution is 5.52. The molecule has 0 unspecified atom stereocenters. The minimum Gasteiger partial charge on any atom is -0.323 e. The SMILES string of the molecule is C[C@@H](N)c1ncccc1/C=C/C1CC1. The minimum atomic E-state index is 0.00931. The van der Waals surface area contributed by atoms with Gasteiger partial charge in [0, 0.05) is 12.2 Å². The molecule has 74 valence electrons. The Hall–Kier alpha value is -1.15. The van der Waals surface area contributed by atoms with Gasteiger partial charge in [-0.1, -0.05) is 18.2 Å². The molecule has 1 fully saturated rings. The first-order chi connectivity index (χ1) is 6.77. The van der Waals surface area contributed by atoms with Crippen LogP contribution >= 0.6 is 0 Å². The summed E-state index contributed by atoms with van der Waals surface area (Å²) in [6.07, 6.45) is 8.90. The van der Waals surface area contributed by atoms with Crippen LogP contribution in [0.5, 0.6) is 0 Å². The van der Waals surface area contributed by atoms with Gasteiger partial charge in [0.1, 0.15) is 0 Å². The van der Waals surface area contributed by atoms with Gasteiger partial charge in [-0.15, -0.1) is 0 Å². The Morgan fingerprint density at radius 2 is 2.36 bits per heavy atom. The Balaban J connectivity index is 2.21. The maximum absolute atomic E-state index is 5.84. The molecule has 1 saturated carbocycles. The van der Waals surface area contributed by atoms with Crippen molar-refractivity contribution in [3.05, 3.63) is 35.7 Å². The van der Waals surface area contributed by atoms with Gasteiger partial charge >= 0.3 is 0 Å². The van der Waals surface area contributed by atoms with Gasteiger partial charge in [-0.25, -0.2) is 0 Å². The molecule has 1 aromatic heterocycles. The summed E-state index contributed by atoms with van der Waals surface area (Å²) in [5, 5.41) is 0. The van der Waals surface area contributed by atoms with Crippen molar-refractivity contribution in [1.29, 1.82) is 0 Å². The summed E-state index contributed by atoms with van der Waals surface area (Å²) < 4.78 is 0. The van der Waals surface area contributed by atoms with Gasteiger partial charge in [-0.2, -0.15) is 0 Å². The molecule has 1 aliphatic carbocycles. The topological polar surface area (TPSA) is 38.9 Å². The van der Waals surface area contributed by atoms with E-state index in [4.69, 9.17) is 5.73 Å². The number of allylic oxidation sites excluding steroid dienone is 1. The third-order valence-electron chi connectivity index (χ3n) is 2.47. The Morgan fingerprint density at radius 1 is 1.57 bits per heavy atom. The van der Waals surface area contributed by atoms with E-state index in [0.29, 0.717) is 0 Å². The zero-order valence-corrected chi connectivity index (χ0v) is 8.48. The maximum Gasteiger partial charge on any atom is 0.0640 e. The highest BCUT2D eigenvalue weighted by Crippen LogP contribution is 2.31. The molecule has 1 aliphatic rings. The third kappa shape index (κ3) is 2.20. The fourth-order valence-electron chi connectivity index (χ4n) is 1.48. The lowest BCUT2D eigenvalue weighted by Gasteiger charge is -2.07. The van der Waals surface area contributed by atoms with Crippen molar-refractivity contribution in [2.75, 3.05) is 0 Å². The van der Waals surface area contributed by atoms with Crippen LogP contribution in [0.2, 0.25) is 0 Å². The molecule has 2 rings (SSSR count). The van der Waals surface area contributed by atoms with E-state index in [0.717, 1.165) is 17.2 Å². The minimum absolute atomic E-state index is 0.00931. The molecule has 2 heteroatoms. The van der Waals surface area contributed by atoms with Crippen molar-refractivity contribution >= 4 is 6.08 Å². The summed E-state index contributed by atoms with van der Waals surface area (Å²) in [6.45, 7) is 1.97. The summed E-state index contributed by atoms with van der Waals surface area (Å²) >= 11 is 0. The smallest absolute Gasteiger partial charge is 0.0640 e. The van der Waals surface area contributed by atoms with Gasteiger partial charge in [0.25, 0.3) is 0 Å². The van der Waals surface area contributed by atoms with Crippen LogP contribution in [0.15, 0.2) is 24.4 Å². The lowest BCUT2D eigenvalue weighted by molar-refractivity contribution is 0.778. The van der Waals surface area contributed by atoms with E-state index < -0.39 is 0 Å². The first-order valence-corrected chi connectivity index (χ1v) is 5.16. The molecule has 0 bridgehead atoms. The molecule has 2 N–H and O–H groups in total. The first kappa shape index (κ1) is 9.41. The number of aromatic nitrogens is 1. The molecule has 0 saturated heterocycles. The highest BCUT2D eigenvalue weighted by atomic mass is 14.8. The van der Waals surface area contributed by atoms with Crippen molar-refractivity contribution in [3.8, 4) is 0 Å². The van der Waals surface area contributed by atoms with E-state index in [1.807, 2.05) is 13.0 Å². The monoisotopic (exact) mass is 188 g/mol. The van der Waals surface area contributed by atoms with Crippen molar-refractivity contribution < 1.29 is 0 Å². The normalized spacial score (nSPS) is 18.7. The molecule has 0 radical (unpaired) electrons. The van der Waals surface area contributed by atoms with Crippen LogP contribution in [-0.4, -0.2) is 4.98 Å².